The summed E-state index contributed by atoms with van der Waals surface area (Å²) in [7, 11) is 0. The number of piperazine rings is 1. The van der Waals surface area contributed by atoms with Crippen LogP contribution in [0, 0.1) is 0 Å². The Labute approximate surface area is 199 Å². The van der Waals surface area contributed by atoms with Crippen molar-refractivity contribution >= 4 is 11.9 Å². The SMILES string of the molecule is CC(C)(C)OC(=O)N1CCN(c2cccc(-c3ccc4c(c3)C(C)(C)CCC4(C)C)n2)CC1. The Bertz CT molecular complexity index is 1030. The molecule has 2 heterocycles. The molecule has 0 radical (unpaired) electrons. The van der Waals surface area contributed by atoms with Crippen molar-refractivity contribution in [2.75, 3.05) is 31.1 Å². The van der Waals surface area contributed by atoms with Crippen molar-refractivity contribution in [3.63, 3.8) is 0 Å². The van der Waals surface area contributed by atoms with Gasteiger partial charge in [0.2, 0.25) is 0 Å². The second kappa shape index (κ2) is 8.34. The van der Waals surface area contributed by atoms with Crippen LogP contribution in [-0.2, 0) is 15.6 Å². The van der Waals surface area contributed by atoms with E-state index in [1.54, 1.807) is 4.90 Å². The molecule has 1 fully saturated rings. The van der Waals surface area contributed by atoms with Crippen molar-refractivity contribution < 1.29 is 9.53 Å². The van der Waals surface area contributed by atoms with Crippen molar-refractivity contribution in [1.29, 1.82) is 0 Å². The molecule has 0 atom stereocenters. The minimum absolute atomic E-state index is 0.177. The number of fused-ring (bicyclic) bond motifs is 1. The molecule has 0 N–H and O–H groups in total. The number of ether oxygens (including phenoxy) is 1. The zero-order valence-electron chi connectivity index (χ0n) is 21.4. The summed E-state index contributed by atoms with van der Waals surface area (Å²) in [6.45, 7) is 17.9. The fourth-order valence-electron chi connectivity index (χ4n) is 4.95. The minimum Gasteiger partial charge on any atom is -0.444 e. The van der Waals surface area contributed by atoms with E-state index in [1.165, 1.54) is 29.5 Å². The minimum atomic E-state index is -0.469. The Morgan fingerprint density at radius 2 is 1.55 bits per heavy atom. The predicted molar refractivity (Wildman–Crippen MR) is 135 cm³/mol. The lowest BCUT2D eigenvalue weighted by Crippen LogP contribution is -2.50. The van der Waals surface area contributed by atoms with Gasteiger partial charge in [-0.15, -0.1) is 0 Å². The Kier molecular flexibility index (Phi) is 5.96. The Morgan fingerprint density at radius 3 is 2.18 bits per heavy atom. The van der Waals surface area contributed by atoms with Crippen LogP contribution in [0.2, 0.25) is 0 Å². The molecule has 5 nitrogen and oxygen atoms in total. The van der Waals surface area contributed by atoms with E-state index >= 15 is 0 Å². The number of nitrogens with zero attached hydrogens (tertiary/aromatic N) is 3. The number of carbonyl (C=O) groups excluding carboxylic acids is 1. The maximum atomic E-state index is 12.4. The van der Waals surface area contributed by atoms with Gasteiger partial charge < -0.3 is 14.5 Å². The van der Waals surface area contributed by atoms with E-state index in [4.69, 9.17) is 9.72 Å². The lowest BCUT2D eigenvalue weighted by molar-refractivity contribution is 0.0240. The lowest BCUT2D eigenvalue weighted by atomic mass is 9.63. The number of amides is 1. The van der Waals surface area contributed by atoms with Crippen LogP contribution in [0.5, 0.6) is 0 Å². The van der Waals surface area contributed by atoms with Crippen molar-refractivity contribution in [3.05, 3.63) is 47.5 Å². The third-order valence-corrected chi connectivity index (χ3v) is 7.14. The number of carbonyl (C=O) groups is 1. The standard InChI is InChI=1S/C28H39N3O2/c1-26(2,3)33-25(32)31-17-15-30(16-18-31)24-10-8-9-23(29-24)20-11-12-21-22(19-20)28(6,7)14-13-27(21,4)5/h8-12,19H,13-18H2,1-7H3. The maximum absolute atomic E-state index is 12.4. The highest BCUT2D eigenvalue weighted by molar-refractivity contribution is 5.69. The smallest absolute Gasteiger partial charge is 0.410 e. The predicted octanol–water partition coefficient (Wildman–Crippen LogP) is 6.15. The summed E-state index contributed by atoms with van der Waals surface area (Å²) in [6.07, 6.45) is 2.18. The second-order valence-electron chi connectivity index (χ2n) is 11.9. The molecule has 0 spiro atoms. The molecule has 1 aliphatic carbocycles. The van der Waals surface area contributed by atoms with Gasteiger partial charge in [-0.05, 0) is 73.8 Å². The van der Waals surface area contributed by atoms with Gasteiger partial charge in [0, 0.05) is 31.7 Å². The monoisotopic (exact) mass is 449 g/mol. The topological polar surface area (TPSA) is 45.7 Å². The summed E-state index contributed by atoms with van der Waals surface area (Å²) in [5.41, 5.74) is 5.02. The zero-order valence-corrected chi connectivity index (χ0v) is 21.4. The third-order valence-electron chi connectivity index (χ3n) is 7.14. The van der Waals surface area contributed by atoms with E-state index in [9.17, 15) is 4.79 Å². The molecule has 0 saturated carbocycles. The molecule has 1 amide bonds. The fourth-order valence-corrected chi connectivity index (χ4v) is 4.95. The van der Waals surface area contributed by atoms with Crippen LogP contribution < -0.4 is 4.90 Å². The number of benzene rings is 1. The van der Waals surface area contributed by atoms with Crippen LogP contribution >= 0.6 is 0 Å². The maximum Gasteiger partial charge on any atom is 0.410 e. The molecule has 178 valence electrons. The zero-order chi connectivity index (χ0) is 24.0. The molecular formula is C28H39N3O2. The summed E-state index contributed by atoms with van der Waals surface area (Å²) in [6, 6.07) is 13.2. The molecule has 2 aliphatic rings. The molecule has 1 aromatic carbocycles. The van der Waals surface area contributed by atoms with E-state index in [0.29, 0.717) is 13.1 Å². The van der Waals surface area contributed by atoms with Crippen molar-refractivity contribution in [1.82, 2.24) is 9.88 Å². The van der Waals surface area contributed by atoms with Crippen LogP contribution in [0.15, 0.2) is 36.4 Å². The molecule has 33 heavy (non-hydrogen) atoms. The third kappa shape index (κ3) is 5.02. The van der Waals surface area contributed by atoms with E-state index < -0.39 is 5.60 Å². The number of anilines is 1. The van der Waals surface area contributed by atoms with E-state index in [0.717, 1.165) is 24.6 Å². The molecule has 4 rings (SSSR count). The largest absolute Gasteiger partial charge is 0.444 e. The van der Waals surface area contributed by atoms with Gasteiger partial charge in [0.1, 0.15) is 11.4 Å². The Morgan fingerprint density at radius 1 is 0.909 bits per heavy atom. The van der Waals surface area contributed by atoms with Crippen molar-refractivity contribution in [3.8, 4) is 11.3 Å². The average Bonchev–Trinajstić information content (AvgIpc) is 2.76. The number of pyridine rings is 1. The van der Waals surface area contributed by atoms with Crippen LogP contribution in [0.25, 0.3) is 11.3 Å². The summed E-state index contributed by atoms with van der Waals surface area (Å²) in [5.74, 6) is 0.966. The number of rotatable bonds is 2. The van der Waals surface area contributed by atoms with Crippen molar-refractivity contribution in [2.24, 2.45) is 0 Å². The highest BCUT2D eigenvalue weighted by atomic mass is 16.6. The molecule has 1 saturated heterocycles. The second-order valence-corrected chi connectivity index (χ2v) is 11.9. The van der Waals surface area contributed by atoms with Gasteiger partial charge >= 0.3 is 6.09 Å². The molecule has 0 bridgehead atoms. The van der Waals surface area contributed by atoms with Crippen LogP contribution in [0.1, 0.15) is 72.4 Å². The van der Waals surface area contributed by atoms with Crippen LogP contribution in [0.4, 0.5) is 10.6 Å². The van der Waals surface area contributed by atoms with Crippen LogP contribution in [-0.4, -0.2) is 47.8 Å². The summed E-state index contributed by atoms with van der Waals surface area (Å²) in [4.78, 5) is 21.5. The molecule has 1 aliphatic heterocycles. The van der Waals surface area contributed by atoms with Gasteiger partial charge in [-0.3, -0.25) is 0 Å². The molecular weight excluding hydrogens is 410 g/mol. The molecule has 5 heteroatoms. The van der Waals surface area contributed by atoms with E-state index in [1.807, 2.05) is 20.8 Å². The molecule has 0 unspecified atom stereocenters. The van der Waals surface area contributed by atoms with Gasteiger partial charge in [-0.2, -0.15) is 0 Å². The van der Waals surface area contributed by atoms with Gasteiger partial charge in [0.25, 0.3) is 0 Å². The number of hydrogen-bond donors (Lipinski definition) is 0. The summed E-state index contributed by atoms with van der Waals surface area (Å²) >= 11 is 0. The highest BCUT2D eigenvalue weighted by Crippen LogP contribution is 2.46. The lowest BCUT2D eigenvalue weighted by Gasteiger charge is -2.42. The average molecular weight is 450 g/mol. The Hall–Kier alpha value is -2.56. The van der Waals surface area contributed by atoms with Gasteiger partial charge in [-0.1, -0.05) is 45.9 Å². The first-order valence-electron chi connectivity index (χ1n) is 12.2. The fraction of sp³-hybridized carbons (Fsp3) is 0.571. The summed E-state index contributed by atoms with van der Waals surface area (Å²) < 4.78 is 5.52. The molecule has 1 aromatic heterocycles. The first-order chi connectivity index (χ1) is 15.4. The first-order valence-corrected chi connectivity index (χ1v) is 12.2. The Balaban J connectivity index is 1.52. The van der Waals surface area contributed by atoms with E-state index in [2.05, 4.69) is 69.0 Å². The van der Waals surface area contributed by atoms with Gasteiger partial charge in [0.15, 0.2) is 0 Å². The summed E-state index contributed by atoms with van der Waals surface area (Å²) in [5, 5.41) is 0. The normalized spacial score (nSPS) is 19.7. The first kappa shape index (κ1) is 23.6. The number of hydrogen-bond acceptors (Lipinski definition) is 4. The quantitative estimate of drug-likeness (QED) is 0.551. The van der Waals surface area contributed by atoms with E-state index in [-0.39, 0.29) is 16.9 Å². The number of aromatic nitrogens is 1. The molecule has 2 aromatic rings. The van der Waals surface area contributed by atoms with Gasteiger partial charge in [0.05, 0.1) is 5.69 Å². The highest BCUT2D eigenvalue weighted by Gasteiger charge is 2.37. The van der Waals surface area contributed by atoms with Crippen molar-refractivity contribution in [2.45, 2.75) is 77.7 Å². The van der Waals surface area contributed by atoms with Crippen LogP contribution in [0.3, 0.4) is 0 Å². The van der Waals surface area contributed by atoms with Gasteiger partial charge in [-0.25, -0.2) is 9.78 Å².